The molecule has 0 radical (unpaired) electrons. The molecular weight excluding hydrogens is 210 g/mol. The van der Waals surface area contributed by atoms with Crippen molar-refractivity contribution in [3.05, 3.63) is 22.1 Å². The summed E-state index contributed by atoms with van der Waals surface area (Å²) in [5.41, 5.74) is 0.480. The molecule has 4 N–H and O–H groups in total. The zero-order chi connectivity index (χ0) is 12.0. The van der Waals surface area contributed by atoms with E-state index in [1.165, 1.54) is 6.20 Å². The van der Waals surface area contributed by atoms with Crippen LogP contribution in [0.4, 0.5) is 5.95 Å². The Kier molecular flexibility index (Phi) is 4.94. The summed E-state index contributed by atoms with van der Waals surface area (Å²) >= 11 is 0. The summed E-state index contributed by atoms with van der Waals surface area (Å²) < 4.78 is 0. The van der Waals surface area contributed by atoms with Crippen LogP contribution in [0.3, 0.4) is 0 Å². The number of aromatic nitrogens is 2. The number of nitrogens with zero attached hydrogens (tertiary/aromatic N) is 1. The van der Waals surface area contributed by atoms with Gasteiger partial charge in [-0.05, 0) is 6.42 Å². The molecule has 0 saturated carbocycles. The maximum Gasteiger partial charge on any atom is 0.255 e. The highest BCUT2D eigenvalue weighted by Gasteiger charge is 2.04. The molecule has 0 saturated heterocycles. The molecule has 0 aromatic carbocycles. The zero-order valence-electron chi connectivity index (χ0n) is 9.23. The van der Waals surface area contributed by atoms with E-state index in [1.807, 2.05) is 6.92 Å². The molecule has 90 valence electrons. The Labute approximate surface area is 93.4 Å². The SMILES string of the molecule is CCCc1cnc(NCC(O)CO)[nH]c1=O. The van der Waals surface area contributed by atoms with Gasteiger partial charge >= 0.3 is 0 Å². The number of hydrogen-bond donors (Lipinski definition) is 4. The Morgan fingerprint density at radius 2 is 2.38 bits per heavy atom. The van der Waals surface area contributed by atoms with Gasteiger partial charge in [0.25, 0.3) is 5.56 Å². The van der Waals surface area contributed by atoms with Crippen molar-refractivity contribution >= 4 is 5.95 Å². The first-order valence-corrected chi connectivity index (χ1v) is 5.28. The summed E-state index contributed by atoms with van der Waals surface area (Å²) in [5.74, 6) is 0.303. The average molecular weight is 227 g/mol. The third-order valence-corrected chi connectivity index (χ3v) is 2.11. The maximum absolute atomic E-state index is 11.5. The molecule has 0 spiro atoms. The van der Waals surface area contributed by atoms with Gasteiger partial charge in [0, 0.05) is 18.3 Å². The molecule has 0 aliphatic carbocycles. The molecule has 1 heterocycles. The third kappa shape index (κ3) is 3.63. The van der Waals surface area contributed by atoms with Crippen molar-refractivity contribution in [2.24, 2.45) is 0 Å². The lowest BCUT2D eigenvalue weighted by molar-refractivity contribution is 0.105. The Morgan fingerprint density at radius 1 is 1.62 bits per heavy atom. The van der Waals surface area contributed by atoms with Crippen LogP contribution >= 0.6 is 0 Å². The predicted molar refractivity (Wildman–Crippen MR) is 60.4 cm³/mol. The summed E-state index contributed by atoms with van der Waals surface area (Å²) in [4.78, 5) is 18.1. The van der Waals surface area contributed by atoms with E-state index in [0.717, 1.165) is 6.42 Å². The van der Waals surface area contributed by atoms with E-state index in [2.05, 4.69) is 15.3 Å². The summed E-state index contributed by atoms with van der Waals surface area (Å²) in [7, 11) is 0. The van der Waals surface area contributed by atoms with Crippen LogP contribution in [-0.2, 0) is 6.42 Å². The van der Waals surface area contributed by atoms with Crippen LogP contribution in [0.1, 0.15) is 18.9 Å². The zero-order valence-corrected chi connectivity index (χ0v) is 9.23. The van der Waals surface area contributed by atoms with Gasteiger partial charge in [-0.2, -0.15) is 0 Å². The highest BCUT2D eigenvalue weighted by Crippen LogP contribution is 1.98. The maximum atomic E-state index is 11.5. The fourth-order valence-corrected chi connectivity index (χ4v) is 1.24. The van der Waals surface area contributed by atoms with Crippen LogP contribution in [0.15, 0.2) is 11.0 Å². The Bertz CT molecular complexity index is 378. The van der Waals surface area contributed by atoms with Gasteiger partial charge in [-0.1, -0.05) is 13.3 Å². The molecule has 1 unspecified atom stereocenters. The van der Waals surface area contributed by atoms with Gasteiger partial charge < -0.3 is 15.5 Å². The lowest BCUT2D eigenvalue weighted by atomic mass is 10.2. The smallest absolute Gasteiger partial charge is 0.255 e. The number of aliphatic hydroxyl groups is 2. The van der Waals surface area contributed by atoms with Crippen molar-refractivity contribution in [1.29, 1.82) is 0 Å². The molecule has 0 aliphatic rings. The first-order chi connectivity index (χ1) is 7.67. The van der Waals surface area contributed by atoms with Crippen LogP contribution in [-0.4, -0.2) is 39.4 Å². The van der Waals surface area contributed by atoms with Crippen LogP contribution in [0.5, 0.6) is 0 Å². The van der Waals surface area contributed by atoms with Crippen molar-refractivity contribution in [3.8, 4) is 0 Å². The topological polar surface area (TPSA) is 98.2 Å². The highest BCUT2D eigenvalue weighted by atomic mass is 16.3. The second kappa shape index (κ2) is 6.24. The average Bonchev–Trinajstić information content (AvgIpc) is 2.29. The number of aryl methyl sites for hydroxylation is 1. The largest absolute Gasteiger partial charge is 0.394 e. The first-order valence-electron chi connectivity index (χ1n) is 5.28. The second-order valence-electron chi connectivity index (χ2n) is 3.55. The second-order valence-corrected chi connectivity index (χ2v) is 3.55. The van der Waals surface area contributed by atoms with E-state index in [9.17, 15) is 4.79 Å². The van der Waals surface area contributed by atoms with Crippen LogP contribution in [0, 0.1) is 0 Å². The summed E-state index contributed by atoms with van der Waals surface area (Å²) in [6.45, 7) is 1.81. The lowest BCUT2D eigenvalue weighted by Gasteiger charge is -2.09. The van der Waals surface area contributed by atoms with Crippen molar-refractivity contribution in [3.63, 3.8) is 0 Å². The number of aliphatic hydroxyl groups excluding tert-OH is 2. The fraction of sp³-hybridized carbons (Fsp3) is 0.600. The quantitative estimate of drug-likeness (QED) is 0.524. The molecule has 6 nitrogen and oxygen atoms in total. The normalized spacial score (nSPS) is 12.4. The van der Waals surface area contributed by atoms with Crippen LogP contribution < -0.4 is 10.9 Å². The van der Waals surface area contributed by atoms with E-state index in [0.29, 0.717) is 17.9 Å². The molecule has 1 aromatic rings. The Morgan fingerprint density at radius 3 is 2.94 bits per heavy atom. The van der Waals surface area contributed by atoms with Gasteiger partial charge in [0.05, 0.1) is 12.7 Å². The standard InChI is InChI=1S/C10H17N3O3/c1-2-3-7-4-11-10(13-9(7)16)12-5-8(15)6-14/h4,8,14-15H,2-3,5-6H2,1H3,(H2,11,12,13,16). The van der Waals surface area contributed by atoms with Gasteiger partial charge in [-0.15, -0.1) is 0 Å². The van der Waals surface area contributed by atoms with Gasteiger partial charge in [-0.3, -0.25) is 9.78 Å². The van der Waals surface area contributed by atoms with E-state index in [1.54, 1.807) is 0 Å². The molecule has 6 heteroatoms. The third-order valence-electron chi connectivity index (χ3n) is 2.11. The molecule has 0 fully saturated rings. The van der Waals surface area contributed by atoms with Crippen molar-refractivity contribution < 1.29 is 10.2 Å². The number of aromatic amines is 1. The summed E-state index contributed by atoms with van der Waals surface area (Å²) in [6, 6.07) is 0. The number of H-pyrrole nitrogens is 1. The van der Waals surface area contributed by atoms with Gasteiger partial charge in [-0.25, -0.2) is 4.98 Å². The van der Waals surface area contributed by atoms with Crippen molar-refractivity contribution in [2.75, 3.05) is 18.5 Å². The monoisotopic (exact) mass is 227 g/mol. The highest BCUT2D eigenvalue weighted by molar-refractivity contribution is 5.24. The van der Waals surface area contributed by atoms with E-state index in [-0.39, 0.29) is 18.7 Å². The minimum Gasteiger partial charge on any atom is -0.394 e. The molecule has 1 aromatic heterocycles. The van der Waals surface area contributed by atoms with Crippen LogP contribution in [0.2, 0.25) is 0 Å². The van der Waals surface area contributed by atoms with E-state index >= 15 is 0 Å². The molecule has 1 rings (SSSR count). The van der Waals surface area contributed by atoms with E-state index in [4.69, 9.17) is 10.2 Å². The summed E-state index contributed by atoms with van der Waals surface area (Å²) in [6.07, 6.45) is 2.25. The van der Waals surface area contributed by atoms with Crippen LogP contribution in [0.25, 0.3) is 0 Å². The van der Waals surface area contributed by atoms with Gasteiger partial charge in [0.15, 0.2) is 0 Å². The lowest BCUT2D eigenvalue weighted by Crippen LogP contribution is -2.25. The molecule has 1 atom stereocenters. The minimum absolute atomic E-state index is 0.145. The predicted octanol–water partition coefficient (Wildman–Crippen LogP) is -0.513. The van der Waals surface area contributed by atoms with Gasteiger partial charge in [0.2, 0.25) is 5.95 Å². The first kappa shape index (κ1) is 12.7. The minimum atomic E-state index is -0.861. The molecular formula is C10H17N3O3. The van der Waals surface area contributed by atoms with Crippen molar-refractivity contribution in [2.45, 2.75) is 25.9 Å². The van der Waals surface area contributed by atoms with E-state index < -0.39 is 6.10 Å². The number of anilines is 1. The Hall–Kier alpha value is -1.40. The molecule has 0 amide bonds. The molecule has 0 bridgehead atoms. The fourth-order valence-electron chi connectivity index (χ4n) is 1.24. The van der Waals surface area contributed by atoms with Gasteiger partial charge in [0.1, 0.15) is 0 Å². The number of hydrogen-bond acceptors (Lipinski definition) is 5. The van der Waals surface area contributed by atoms with Crippen molar-refractivity contribution in [1.82, 2.24) is 9.97 Å². The molecule has 16 heavy (non-hydrogen) atoms. The molecule has 0 aliphatic heterocycles. The Balaban J connectivity index is 2.63. The summed E-state index contributed by atoms with van der Waals surface area (Å²) in [5, 5.41) is 20.4. The number of nitrogens with one attached hydrogen (secondary N) is 2. The number of rotatable bonds is 6.